The number of benzene rings is 2. The molecule has 0 spiro atoms. The number of nitrogens with zero attached hydrogens (tertiary/aromatic N) is 1. The standard InChI is InChI=1S/C20H21N3O4/c1-2-9-23-16-6-4-14(10-13(16)3-8-19(23)24)21-20(25)22-15-5-7-17-18(11-15)27-12-26-17/h4-7,10-11H,2-3,8-9,12H2,1H3,(H2,21,22,25). The maximum Gasteiger partial charge on any atom is 0.323 e. The molecule has 27 heavy (non-hydrogen) atoms. The van der Waals surface area contributed by atoms with Gasteiger partial charge in [0.25, 0.3) is 0 Å². The fourth-order valence-corrected chi connectivity index (χ4v) is 3.37. The summed E-state index contributed by atoms with van der Waals surface area (Å²) in [7, 11) is 0. The molecule has 0 saturated heterocycles. The third-order valence-electron chi connectivity index (χ3n) is 4.62. The lowest BCUT2D eigenvalue weighted by Gasteiger charge is -2.29. The van der Waals surface area contributed by atoms with Gasteiger partial charge >= 0.3 is 6.03 Å². The fourth-order valence-electron chi connectivity index (χ4n) is 3.37. The summed E-state index contributed by atoms with van der Waals surface area (Å²) < 4.78 is 10.6. The number of anilines is 3. The maximum absolute atomic E-state index is 12.3. The number of ether oxygens (including phenoxy) is 2. The van der Waals surface area contributed by atoms with E-state index < -0.39 is 0 Å². The number of aryl methyl sites for hydroxylation is 1. The summed E-state index contributed by atoms with van der Waals surface area (Å²) in [6.45, 7) is 2.96. The number of hydrogen-bond donors (Lipinski definition) is 2. The van der Waals surface area contributed by atoms with E-state index in [-0.39, 0.29) is 18.7 Å². The predicted octanol–water partition coefficient (Wildman–Crippen LogP) is 3.75. The topological polar surface area (TPSA) is 79.9 Å². The second-order valence-corrected chi connectivity index (χ2v) is 6.54. The molecule has 2 N–H and O–H groups in total. The van der Waals surface area contributed by atoms with Gasteiger partial charge < -0.3 is 25.0 Å². The van der Waals surface area contributed by atoms with Gasteiger partial charge in [-0.25, -0.2) is 4.79 Å². The van der Waals surface area contributed by atoms with Crippen molar-refractivity contribution in [1.82, 2.24) is 0 Å². The molecule has 140 valence electrons. The Morgan fingerprint density at radius 1 is 1.04 bits per heavy atom. The molecule has 0 fully saturated rings. The zero-order valence-electron chi connectivity index (χ0n) is 15.1. The van der Waals surface area contributed by atoms with Crippen LogP contribution < -0.4 is 25.0 Å². The van der Waals surface area contributed by atoms with Crippen molar-refractivity contribution < 1.29 is 19.1 Å². The first-order chi connectivity index (χ1) is 13.1. The second kappa shape index (κ2) is 7.19. The largest absolute Gasteiger partial charge is 0.454 e. The van der Waals surface area contributed by atoms with E-state index in [4.69, 9.17) is 9.47 Å². The predicted molar refractivity (Wildman–Crippen MR) is 103 cm³/mol. The van der Waals surface area contributed by atoms with E-state index in [1.807, 2.05) is 23.1 Å². The molecule has 0 saturated carbocycles. The van der Waals surface area contributed by atoms with E-state index in [1.54, 1.807) is 18.2 Å². The van der Waals surface area contributed by atoms with Gasteiger partial charge in [0.1, 0.15) is 0 Å². The first kappa shape index (κ1) is 17.2. The van der Waals surface area contributed by atoms with Crippen molar-refractivity contribution >= 4 is 29.0 Å². The zero-order valence-corrected chi connectivity index (χ0v) is 15.1. The highest BCUT2D eigenvalue weighted by atomic mass is 16.7. The zero-order chi connectivity index (χ0) is 18.8. The molecule has 2 aromatic rings. The number of fused-ring (bicyclic) bond motifs is 2. The number of nitrogens with one attached hydrogen (secondary N) is 2. The molecule has 0 unspecified atom stereocenters. The summed E-state index contributed by atoms with van der Waals surface area (Å²) in [4.78, 5) is 26.3. The second-order valence-electron chi connectivity index (χ2n) is 6.54. The first-order valence-electron chi connectivity index (χ1n) is 9.05. The van der Waals surface area contributed by atoms with Crippen molar-refractivity contribution in [3.63, 3.8) is 0 Å². The molecule has 2 aliphatic heterocycles. The third kappa shape index (κ3) is 3.53. The summed E-state index contributed by atoms with van der Waals surface area (Å²) >= 11 is 0. The van der Waals surface area contributed by atoms with Crippen molar-refractivity contribution in [3.8, 4) is 11.5 Å². The molecule has 7 heteroatoms. The Hall–Kier alpha value is -3.22. The van der Waals surface area contributed by atoms with Gasteiger partial charge in [-0.3, -0.25) is 4.79 Å². The summed E-state index contributed by atoms with van der Waals surface area (Å²) in [5, 5.41) is 5.63. The molecular weight excluding hydrogens is 346 g/mol. The Bertz CT molecular complexity index is 897. The minimum absolute atomic E-state index is 0.158. The first-order valence-corrected chi connectivity index (χ1v) is 9.05. The highest BCUT2D eigenvalue weighted by Gasteiger charge is 2.23. The van der Waals surface area contributed by atoms with Crippen LogP contribution in [0.1, 0.15) is 25.3 Å². The third-order valence-corrected chi connectivity index (χ3v) is 4.62. The summed E-state index contributed by atoms with van der Waals surface area (Å²) in [6.07, 6.45) is 2.09. The Labute approximate surface area is 157 Å². The quantitative estimate of drug-likeness (QED) is 0.863. The van der Waals surface area contributed by atoms with Crippen LogP contribution >= 0.6 is 0 Å². The van der Waals surface area contributed by atoms with Crippen LogP contribution in [0.3, 0.4) is 0 Å². The van der Waals surface area contributed by atoms with E-state index in [9.17, 15) is 9.59 Å². The lowest BCUT2D eigenvalue weighted by atomic mass is 10.00. The Morgan fingerprint density at radius 3 is 2.59 bits per heavy atom. The molecule has 0 aromatic heterocycles. The minimum Gasteiger partial charge on any atom is -0.454 e. The Kier molecular flexibility index (Phi) is 4.58. The van der Waals surface area contributed by atoms with Crippen LogP contribution in [0, 0.1) is 0 Å². The Balaban J connectivity index is 1.45. The maximum atomic E-state index is 12.3. The van der Waals surface area contributed by atoms with Gasteiger partial charge in [0.05, 0.1) is 0 Å². The van der Waals surface area contributed by atoms with Gasteiger partial charge in [-0.05, 0) is 48.7 Å². The van der Waals surface area contributed by atoms with E-state index in [0.717, 1.165) is 17.7 Å². The number of hydrogen-bond acceptors (Lipinski definition) is 4. The molecule has 0 atom stereocenters. The van der Waals surface area contributed by atoms with E-state index in [0.29, 0.717) is 42.3 Å². The average Bonchev–Trinajstić information content (AvgIpc) is 3.12. The number of urea groups is 1. The van der Waals surface area contributed by atoms with Crippen LogP contribution in [-0.4, -0.2) is 25.3 Å². The monoisotopic (exact) mass is 367 g/mol. The van der Waals surface area contributed by atoms with Crippen molar-refractivity contribution in [2.24, 2.45) is 0 Å². The summed E-state index contributed by atoms with van der Waals surface area (Å²) in [6, 6.07) is 10.6. The van der Waals surface area contributed by atoms with Gasteiger partial charge in [-0.15, -0.1) is 0 Å². The van der Waals surface area contributed by atoms with Crippen LogP contribution in [0.5, 0.6) is 11.5 Å². The molecule has 0 radical (unpaired) electrons. The molecule has 4 rings (SSSR count). The number of amides is 3. The molecule has 0 aliphatic carbocycles. The van der Waals surface area contributed by atoms with Crippen LogP contribution in [0.2, 0.25) is 0 Å². The lowest BCUT2D eigenvalue weighted by molar-refractivity contribution is -0.118. The van der Waals surface area contributed by atoms with E-state index in [1.165, 1.54) is 0 Å². The fraction of sp³-hybridized carbons (Fsp3) is 0.300. The molecule has 2 aromatic carbocycles. The molecule has 2 aliphatic rings. The van der Waals surface area contributed by atoms with Crippen LogP contribution in [-0.2, 0) is 11.2 Å². The van der Waals surface area contributed by atoms with Crippen molar-refractivity contribution in [2.75, 3.05) is 28.9 Å². The molecule has 2 heterocycles. The molecule has 0 bridgehead atoms. The highest BCUT2D eigenvalue weighted by Crippen LogP contribution is 2.34. The van der Waals surface area contributed by atoms with E-state index >= 15 is 0 Å². The highest BCUT2D eigenvalue weighted by molar-refractivity contribution is 6.01. The van der Waals surface area contributed by atoms with Crippen molar-refractivity contribution in [1.29, 1.82) is 0 Å². The van der Waals surface area contributed by atoms with Gasteiger partial charge in [-0.1, -0.05) is 6.92 Å². The number of carbonyl (C=O) groups excluding carboxylic acids is 2. The molecular formula is C20H21N3O4. The Morgan fingerprint density at radius 2 is 1.78 bits per heavy atom. The number of rotatable bonds is 4. The summed E-state index contributed by atoms with van der Waals surface area (Å²) in [5.74, 6) is 1.44. The van der Waals surface area contributed by atoms with Crippen molar-refractivity contribution in [3.05, 3.63) is 42.0 Å². The van der Waals surface area contributed by atoms with Gasteiger partial charge in [0.15, 0.2) is 11.5 Å². The van der Waals surface area contributed by atoms with Gasteiger partial charge in [0, 0.05) is 36.1 Å². The molecule has 7 nitrogen and oxygen atoms in total. The van der Waals surface area contributed by atoms with Crippen LogP contribution in [0.4, 0.5) is 21.9 Å². The molecule has 3 amide bonds. The van der Waals surface area contributed by atoms with Gasteiger partial charge in [-0.2, -0.15) is 0 Å². The van der Waals surface area contributed by atoms with E-state index in [2.05, 4.69) is 17.6 Å². The van der Waals surface area contributed by atoms with Crippen molar-refractivity contribution in [2.45, 2.75) is 26.2 Å². The van der Waals surface area contributed by atoms with Crippen LogP contribution in [0.15, 0.2) is 36.4 Å². The smallest absolute Gasteiger partial charge is 0.323 e. The average molecular weight is 367 g/mol. The van der Waals surface area contributed by atoms with Gasteiger partial charge in [0.2, 0.25) is 12.7 Å². The summed E-state index contributed by atoms with van der Waals surface area (Å²) in [5.41, 5.74) is 3.32. The SMILES string of the molecule is CCCN1C(=O)CCc2cc(NC(=O)Nc3ccc4c(c3)OCO4)ccc21. The lowest BCUT2D eigenvalue weighted by Crippen LogP contribution is -2.35. The van der Waals surface area contributed by atoms with Crippen LogP contribution in [0.25, 0.3) is 0 Å². The minimum atomic E-state index is -0.342. The normalized spacial score (nSPS) is 14.7. The number of carbonyl (C=O) groups is 2.